The first-order chi connectivity index (χ1) is 10.3. The average Bonchev–Trinajstić information content (AvgIpc) is 3.01. The lowest BCUT2D eigenvalue weighted by atomic mass is 10.2. The van der Waals surface area contributed by atoms with Crippen LogP contribution in [0.25, 0.3) is 0 Å². The van der Waals surface area contributed by atoms with Crippen molar-refractivity contribution in [2.24, 2.45) is 4.99 Å². The van der Waals surface area contributed by atoms with Crippen LogP contribution in [-0.4, -0.2) is 21.0 Å². The Labute approximate surface area is 121 Å². The maximum Gasteiger partial charge on any atom is 0.137 e. The van der Waals surface area contributed by atoms with Crippen LogP contribution in [0.5, 0.6) is 0 Å². The smallest absolute Gasteiger partial charge is 0.137 e. The number of benzene rings is 2. The standard InChI is InChI=1S/C16H13FN4/c17-15-5-1-13(2-6-15)9-19-16-7-3-14(4-8-16)10-21-12-18-11-20-21/h1-9,11-12H,10H2. The molecule has 0 fully saturated rings. The van der Waals surface area contributed by atoms with E-state index in [9.17, 15) is 4.39 Å². The van der Waals surface area contributed by atoms with Crippen molar-refractivity contribution in [2.45, 2.75) is 6.54 Å². The topological polar surface area (TPSA) is 43.1 Å². The number of hydrogen-bond acceptors (Lipinski definition) is 3. The molecule has 0 amide bonds. The van der Waals surface area contributed by atoms with Gasteiger partial charge in [-0.1, -0.05) is 24.3 Å². The lowest BCUT2D eigenvalue weighted by Gasteiger charge is -2.01. The Balaban J connectivity index is 1.68. The van der Waals surface area contributed by atoms with Gasteiger partial charge >= 0.3 is 0 Å². The van der Waals surface area contributed by atoms with Crippen LogP contribution in [0.1, 0.15) is 11.1 Å². The summed E-state index contributed by atoms with van der Waals surface area (Å²) in [5.41, 5.74) is 2.84. The van der Waals surface area contributed by atoms with E-state index in [2.05, 4.69) is 15.1 Å². The average molecular weight is 280 g/mol. The third kappa shape index (κ3) is 3.60. The van der Waals surface area contributed by atoms with Gasteiger partial charge in [0, 0.05) is 6.21 Å². The zero-order valence-corrected chi connectivity index (χ0v) is 11.2. The first kappa shape index (κ1) is 13.2. The van der Waals surface area contributed by atoms with E-state index in [0.29, 0.717) is 6.54 Å². The molecule has 0 saturated carbocycles. The molecule has 0 unspecified atom stereocenters. The molecule has 2 aromatic carbocycles. The Morgan fingerprint density at radius 3 is 2.48 bits per heavy atom. The van der Waals surface area contributed by atoms with Crippen LogP contribution in [0.4, 0.5) is 10.1 Å². The monoisotopic (exact) mass is 280 g/mol. The molecule has 0 aliphatic heterocycles. The summed E-state index contributed by atoms with van der Waals surface area (Å²) in [6.07, 6.45) is 4.91. The van der Waals surface area contributed by atoms with E-state index in [1.807, 2.05) is 24.3 Å². The predicted molar refractivity (Wildman–Crippen MR) is 79.2 cm³/mol. The highest BCUT2D eigenvalue weighted by atomic mass is 19.1. The minimum Gasteiger partial charge on any atom is -0.256 e. The van der Waals surface area contributed by atoms with Gasteiger partial charge in [0.2, 0.25) is 0 Å². The number of hydrogen-bond donors (Lipinski definition) is 0. The van der Waals surface area contributed by atoms with Crippen LogP contribution in [0.15, 0.2) is 66.2 Å². The van der Waals surface area contributed by atoms with E-state index in [1.54, 1.807) is 29.4 Å². The second-order valence-corrected chi connectivity index (χ2v) is 4.57. The molecule has 104 valence electrons. The highest BCUT2D eigenvalue weighted by molar-refractivity contribution is 5.81. The molecular weight excluding hydrogens is 267 g/mol. The number of aromatic nitrogens is 3. The summed E-state index contributed by atoms with van der Waals surface area (Å²) in [4.78, 5) is 8.27. The summed E-state index contributed by atoms with van der Waals surface area (Å²) in [6, 6.07) is 14.1. The molecule has 0 aliphatic carbocycles. The van der Waals surface area contributed by atoms with Crippen LogP contribution in [0.2, 0.25) is 0 Å². The van der Waals surface area contributed by atoms with Crippen LogP contribution in [0, 0.1) is 5.82 Å². The highest BCUT2D eigenvalue weighted by Gasteiger charge is 1.96. The van der Waals surface area contributed by atoms with Gasteiger partial charge in [0.25, 0.3) is 0 Å². The first-order valence-corrected chi connectivity index (χ1v) is 6.50. The zero-order valence-electron chi connectivity index (χ0n) is 11.2. The first-order valence-electron chi connectivity index (χ1n) is 6.50. The Bertz CT molecular complexity index is 716. The summed E-state index contributed by atoms with van der Waals surface area (Å²) >= 11 is 0. The van der Waals surface area contributed by atoms with E-state index in [4.69, 9.17) is 0 Å². The largest absolute Gasteiger partial charge is 0.256 e. The summed E-state index contributed by atoms with van der Waals surface area (Å²) in [5, 5.41) is 4.06. The molecule has 0 aliphatic rings. The van der Waals surface area contributed by atoms with Gasteiger partial charge in [-0.25, -0.2) is 14.1 Å². The predicted octanol–water partition coefficient (Wildman–Crippen LogP) is 3.22. The summed E-state index contributed by atoms with van der Waals surface area (Å²) < 4.78 is 14.6. The summed E-state index contributed by atoms with van der Waals surface area (Å²) in [5.74, 6) is -0.246. The molecule has 3 aromatic rings. The molecule has 0 atom stereocenters. The van der Waals surface area contributed by atoms with E-state index in [-0.39, 0.29) is 5.82 Å². The van der Waals surface area contributed by atoms with Gasteiger partial charge in [-0.3, -0.25) is 4.99 Å². The van der Waals surface area contributed by atoms with Crippen LogP contribution >= 0.6 is 0 Å². The fraction of sp³-hybridized carbons (Fsp3) is 0.0625. The summed E-state index contributed by atoms with van der Waals surface area (Å²) in [6.45, 7) is 0.682. The van der Waals surface area contributed by atoms with E-state index < -0.39 is 0 Å². The number of rotatable bonds is 4. The van der Waals surface area contributed by atoms with Crippen molar-refractivity contribution < 1.29 is 4.39 Å². The van der Waals surface area contributed by atoms with Crippen molar-refractivity contribution in [2.75, 3.05) is 0 Å². The fourth-order valence-electron chi connectivity index (χ4n) is 1.89. The van der Waals surface area contributed by atoms with Crippen molar-refractivity contribution >= 4 is 11.9 Å². The van der Waals surface area contributed by atoms with Crippen molar-refractivity contribution in [1.82, 2.24) is 14.8 Å². The van der Waals surface area contributed by atoms with Crippen LogP contribution in [0.3, 0.4) is 0 Å². The Morgan fingerprint density at radius 1 is 1.05 bits per heavy atom. The van der Waals surface area contributed by atoms with Gasteiger partial charge in [-0.05, 0) is 35.4 Å². The second kappa shape index (κ2) is 6.09. The van der Waals surface area contributed by atoms with Crippen LogP contribution < -0.4 is 0 Å². The fourth-order valence-corrected chi connectivity index (χ4v) is 1.89. The maximum atomic E-state index is 12.8. The molecule has 5 heteroatoms. The normalized spacial score (nSPS) is 11.1. The molecule has 0 bridgehead atoms. The van der Waals surface area contributed by atoms with Crippen LogP contribution in [-0.2, 0) is 6.54 Å². The minimum atomic E-state index is -0.246. The summed E-state index contributed by atoms with van der Waals surface area (Å²) in [7, 11) is 0. The molecule has 0 saturated heterocycles. The lowest BCUT2D eigenvalue weighted by Crippen LogP contribution is -1.99. The van der Waals surface area contributed by atoms with Gasteiger partial charge in [0.1, 0.15) is 18.5 Å². The Hall–Kier alpha value is -2.82. The minimum absolute atomic E-state index is 0.246. The highest BCUT2D eigenvalue weighted by Crippen LogP contribution is 2.14. The van der Waals surface area contributed by atoms with E-state index in [0.717, 1.165) is 16.8 Å². The van der Waals surface area contributed by atoms with Gasteiger partial charge < -0.3 is 0 Å². The van der Waals surface area contributed by atoms with E-state index in [1.165, 1.54) is 18.5 Å². The van der Waals surface area contributed by atoms with Crippen molar-refractivity contribution in [3.8, 4) is 0 Å². The van der Waals surface area contributed by atoms with Gasteiger partial charge in [0.15, 0.2) is 0 Å². The molecule has 3 rings (SSSR count). The Morgan fingerprint density at radius 2 is 1.81 bits per heavy atom. The molecule has 0 spiro atoms. The second-order valence-electron chi connectivity index (χ2n) is 4.57. The molecule has 1 aromatic heterocycles. The molecular formula is C16H13FN4. The number of aliphatic imine (C=N–C) groups is 1. The quantitative estimate of drug-likeness (QED) is 0.689. The van der Waals surface area contributed by atoms with Gasteiger partial charge in [0.05, 0.1) is 12.2 Å². The zero-order chi connectivity index (χ0) is 14.5. The van der Waals surface area contributed by atoms with Gasteiger partial charge in [-0.2, -0.15) is 5.10 Å². The Kier molecular flexibility index (Phi) is 3.82. The van der Waals surface area contributed by atoms with E-state index >= 15 is 0 Å². The molecule has 4 nitrogen and oxygen atoms in total. The SMILES string of the molecule is Fc1ccc(C=Nc2ccc(Cn3cncn3)cc2)cc1. The molecule has 21 heavy (non-hydrogen) atoms. The molecule has 1 heterocycles. The maximum absolute atomic E-state index is 12.8. The third-order valence-electron chi connectivity index (χ3n) is 2.98. The van der Waals surface area contributed by atoms with Crippen molar-refractivity contribution in [3.63, 3.8) is 0 Å². The number of halogens is 1. The van der Waals surface area contributed by atoms with Crippen molar-refractivity contribution in [1.29, 1.82) is 0 Å². The third-order valence-corrected chi connectivity index (χ3v) is 2.98. The number of nitrogens with zero attached hydrogens (tertiary/aromatic N) is 4. The van der Waals surface area contributed by atoms with Crippen molar-refractivity contribution in [3.05, 3.63) is 78.1 Å². The molecule has 0 N–H and O–H groups in total. The van der Waals surface area contributed by atoms with Gasteiger partial charge in [-0.15, -0.1) is 0 Å². The molecule has 0 radical (unpaired) electrons. The lowest BCUT2D eigenvalue weighted by molar-refractivity contribution is 0.628.